The minimum atomic E-state index is -1.12. The quantitative estimate of drug-likeness (QED) is 0.515. The lowest BCUT2D eigenvalue weighted by Gasteiger charge is -2.25. The molecule has 4 nitrogen and oxygen atoms in total. The monoisotopic (exact) mass is 340 g/mol. The molecule has 3 rings (SSSR count). The van der Waals surface area contributed by atoms with Gasteiger partial charge in [0, 0.05) is 23.1 Å². The topological polar surface area (TPSA) is 64.3 Å². The van der Waals surface area contributed by atoms with E-state index in [2.05, 4.69) is 4.90 Å². The van der Waals surface area contributed by atoms with Crippen LogP contribution < -0.4 is 4.90 Å². The van der Waals surface area contributed by atoms with E-state index < -0.39 is 5.97 Å². The lowest BCUT2D eigenvalue weighted by molar-refractivity contribution is -0.130. The van der Waals surface area contributed by atoms with E-state index in [0.717, 1.165) is 23.1 Å². The first-order valence-corrected chi connectivity index (χ1v) is 8.04. The number of hydrogen-bond acceptors (Lipinski definition) is 3. The summed E-state index contributed by atoms with van der Waals surface area (Å²) in [5, 5.41) is 18.1. The van der Waals surface area contributed by atoms with Crippen molar-refractivity contribution < 1.29 is 9.90 Å². The van der Waals surface area contributed by atoms with Crippen LogP contribution in [0.25, 0.3) is 5.57 Å². The summed E-state index contributed by atoms with van der Waals surface area (Å²) >= 11 is 0. The van der Waals surface area contributed by atoms with Crippen molar-refractivity contribution in [3.63, 3.8) is 0 Å². The molecular formula is C22H16N2O2. The number of para-hydroxylation sites is 2. The van der Waals surface area contributed by atoms with Gasteiger partial charge in [0.15, 0.2) is 0 Å². The van der Waals surface area contributed by atoms with Crippen molar-refractivity contribution in [2.75, 3.05) is 4.90 Å². The van der Waals surface area contributed by atoms with Crippen molar-refractivity contribution in [2.24, 2.45) is 0 Å². The molecule has 126 valence electrons. The molecule has 0 aliphatic heterocycles. The van der Waals surface area contributed by atoms with Crippen molar-refractivity contribution in [1.29, 1.82) is 5.26 Å². The largest absolute Gasteiger partial charge is 0.478 e. The van der Waals surface area contributed by atoms with Gasteiger partial charge in [-0.25, -0.2) is 4.79 Å². The number of carboxylic acids is 1. The highest BCUT2D eigenvalue weighted by atomic mass is 16.4. The summed E-state index contributed by atoms with van der Waals surface area (Å²) in [5.41, 5.74) is 3.36. The van der Waals surface area contributed by atoms with Gasteiger partial charge in [0.1, 0.15) is 0 Å². The average Bonchev–Trinajstić information content (AvgIpc) is 2.68. The van der Waals surface area contributed by atoms with Crippen LogP contribution in [0.1, 0.15) is 5.56 Å². The summed E-state index contributed by atoms with van der Waals surface area (Å²) in [6.45, 7) is 0. The lowest BCUT2D eigenvalue weighted by atomic mass is 10.0. The predicted molar refractivity (Wildman–Crippen MR) is 102 cm³/mol. The average molecular weight is 340 g/mol. The Morgan fingerprint density at radius 2 is 1.27 bits per heavy atom. The van der Waals surface area contributed by atoms with Crippen molar-refractivity contribution in [3.05, 3.63) is 96.6 Å². The molecule has 0 atom stereocenters. The zero-order valence-corrected chi connectivity index (χ0v) is 13.9. The third-order valence-electron chi connectivity index (χ3n) is 3.90. The van der Waals surface area contributed by atoms with E-state index in [-0.39, 0.29) is 5.57 Å². The Kier molecular flexibility index (Phi) is 5.11. The zero-order chi connectivity index (χ0) is 18.4. The molecule has 4 heteroatoms. The minimum Gasteiger partial charge on any atom is -0.478 e. The minimum absolute atomic E-state index is 0.0231. The molecule has 0 aliphatic rings. The molecule has 0 amide bonds. The van der Waals surface area contributed by atoms with Gasteiger partial charge in [-0.05, 0) is 42.0 Å². The number of hydrogen-bond donors (Lipinski definition) is 1. The highest BCUT2D eigenvalue weighted by molar-refractivity contribution is 6.16. The highest BCUT2D eigenvalue weighted by Gasteiger charge is 2.14. The van der Waals surface area contributed by atoms with E-state index >= 15 is 0 Å². The van der Waals surface area contributed by atoms with Crippen LogP contribution >= 0.6 is 0 Å². The molecule has 0 aliphatic carbocycles. The summed E-state index contributed by atoms with van der Waals surface area (Å²) in [7, 11) is 0. The van der Waals surface area contributed by atoms with Crippen LogP contribution in [-0.2, 0) is 4.79 Å². The molecule has 0 saturated heterocycles. The fourth-order valence-corrected chi connectivity index (χ4v) is 2.72. The van der Waals surface area contributed by atoms with Gasteiger partial charge in [0.2, 0.25) is 0 Å². The fourth-order valence-electron chi connectivity index (χ4n) is 2.72. The zero-order valence-electron chi connectivity index (χ0n) is 13.9. The molecule has 0 fully saturated rings. The SMILES string of the molecule is N#C/C=C(\C(=O)O)c1ccc(N(c2ccccc2)c2ccccc2)cc1. The van der Waals surface area contributed by atoms with Crippen LogP contribution in [-0.4, -0.2) is 11.1 Å². The van der Waals surface area contributed by atoms with Crippen molar-refractivity contribution in [1.82, 2.24) is 0 Å². The van der Waals surface area contributed by atoms with E-state index in [4.69, 9.17) is 5.26 Å². The van der Waals surface area contributed by atoms with Crippen molar-refractivity contribution >= 4 is 28.6 Å². The number of nitriles is 1. The molecule has 0 unspecified atom stereocenters. The molecule has 0 bridgehead atoms. The van der Waals surface area contributed by atoms with Gasteiger partial charge in [-0.3, -0.25) is 0 Å². The number of aliphatic carboxylic acids is 1. The van der Waals surface area contributed by atoms with Gasteiger partial charge in [-0.1, -0.05) is 48.5 Å². The van der Waals surface area contributed by atoms with Gasteiger partial charge >= 0.3 is 5.97 Å². The first kappa shape index (κ1) is 17.0. The third kappa shape index (κ3) is 3.63. The molecule has 0 saturated carbocycles. The third-order valence-corrected chi connectivity index (χ3v) is 3.90. The van der Waals surface area contributed by atoms with E-state index in [0.29, 0.717) is 5.56 Å². The molecule has 0 spiro atoms. The van der Waals surface area contributed by atoms with Crippen LogP contribution in [0.5, 0.6) is 0 Å². The van der Waals surface area contributed by atoms with E-state index in [9.17, 15) is 9.90 Å². The van der Waals surface area contributed by atoms with Gasteiger partial charge in [0.25, 0.3) is 0 Å². The van der Waals surface area contributed by atoms with Crippen LogP contribution in [0.3, 0.4) is 0 Å². The fraction of sp³-hybridized carbons (Fsp3) is 0. The van der Waals surface area contributed by atoms with Crippen molar-refractivity contribution in [3.8, 4) is 6.07 Å². The summed E-state index contributed by atoms with van der Waals surface area (Å²) in [6, 6.07) is 28.8. The van der Waals surface area contributed by atoms with Crippen LogP contribution in [0.4, 0.5) is 17.1 Å². The number of benzene rings is 3. The maximum absolute atomic E-state index is 11.3. The Hall–Kier alpha value is -3.84. The molecule has 0 radical (unpaired) electrons. The van der Waals surface area contributed by atoms with E-state index in [1.807, 2.05) is 72.8 Å². The first-order valence-electron chi connectivity index (χ1n) is 8.04. The van der Waals surface area contributed by atoms with Crippen LogP contribution in [0.2, 0.25) is 0 Å². The number of anilines is 3. The summed E-state index contributed by atoms with van der Waals surface area (Å²) in [4.78, 5) is 13.4. The molecular weight excluding hydrogens is 324 g/mol. The maximum Gasteiger partial charge on any atom is 0.337 e. The number of rotatable bonds is 5. The summed E-state index contributed by atoms with van der Waals surface area (Å²) < 4.78 is 0. The normalized spacial score (nSPS) is 10.8. The van der Waals surface area contributed by atoms with Crippen molar-refractivity contribution in [2.45, 2.75) is 0 Å². The Labute approximate surface area is 151 Å². The number of allylic oxidation sites excluding steroid dienone is 1. The molecule has 3 aromatic rings. The predicted octanol–water partition coefficient (Wildman–Crippen LogP) is 5.15. The summed E-state index contributed by atoms with van der Waals surface area (Å²) in [5.74, 6) is -1.12. The Morgan fingerprint density at radius 3 is 1.69 bits per heavy atom. The summed E-state index contributed by atoms with van der Waals surface area (Å²) in [6.07, 6.45) is 1.05. The van der Waals surface area contributed by atoms with E-state index in [1.54, 1.807) is 18.2 Å². The number of carboxylic acid groups (broad SMARTS) is 1. The van der Waals surface area contributed by atoms with Gasteiger partial charge < -0.3 is 10.0 Å². The lowest BCUT2D eigenvalue weighted by Crippen LogP contribution is -2.09. The second-order valence-electron chi connectivity index (χ2n) is 5.55. The molecule has 26 heavy (non-hydrogen) atoms. The highest BCUT2D eigenvalue weighted by Crippen LogP contribution is 2.34. The molecule has 0 heterocycles. The van der Waals surface area contributed by atoms with Crippen LogP contribution in [0.15, 0.2) is 91.0 Å². The second-order valence-corrected chi connectivity index (χ2v) is 5.55. The molecule has 3 aromatic carbocycles. The number of carbonyl (C=O) groups is 1. The Balaban J connectivity index is 2.05. The Bertz CT molecular complexity index is 917. The van der Waals surface area contributed by atoms with Gasteiger partial charge in [-0.2, -0.15) is 5.26 Å². The van der Waals surface area contributed by atoms with Crippen LogP contribution in [0, 0.1) is 11.3 Å². The first-order chi connectivity index (χ1) is 12.7. The second kappa shape index (κ2) is 7.82. The molecule has 0 aromatic heterocycles. The standard InChI is InChI=1S/C22H16N2O2/c23-16-15-21(22(25)26)17-11-13-20(14-12-17)24(18-7-3-1-4-8-18)19-9-5-2-6-10-19/h1-15H,(H,25,26)/b21-15-. The van der Waals surface area contributed by atoms with Gasteiger partial charge in [-0.15, -0.1) is 0 Å². The number of nitrogens with zero attached hydrogens (tertiary/aromatic N) is 2. The maximum atomic E-state index is 11.3. The molecule has 1 N–H and O–H groups in total. The smallest absolute Gasteiger partial charge is 0.337 e. The Morgan fingerprint density at radius 1 is 0.808 bits per heavy atom. The van der Waals surface area contributed by atoms with Gasteiger partial charge in [0.05, 0.1) is 11.6 Å². The van der Waals surface area contributed by atoms with E-state index in [1.165, 1.54) is 0 Å².